The van der Waals surface area contributed by atoms with Gasteiger partial charge in [-0.2, -0.15) is 0 Å². The van der Waals surface area contributed by atoms with Crippen LogP contribution in [-0.4, -0.2) is 26.2 Å². The zero-order valence-electron chi connectivity index (χ0n) is 17.9. The van der Waals surface area contributed by atoms with Crippen LogP contribution in [0.15, 0.2) is 24.5 Å². The van der Waals surface area contributed by atoms with Gasteiger partial charge in [-0.05, 0) is 0 Å². The second-order valence-corrected chi connectivity index (χ2v) is 15.5. The lowest BCUT2D eigenvalue weighted by molar-refractivity contribution is 0.921. The van der Waals surface area contributed by atoms with E-state index in [1.165, 1.54) is 24.5 Å². The lowest BCUT2D eigenvalue weighted by Crippen LogP contribution is -2.02. The van der Waals surface area contributed by atoms with Crippen LogP contribution in [0.5, 0.6) is 0 Å². The topological polar surface area (TPSA) is 0 Å². The molecule has 5 heteroatoms. The zero-order chi connectivity index (χ0) is 20.0. The van der Waals surface area contributed by atoms with Crippen molar-refractivity contribution in [2.45, 2.75) is 120 Å². The van der Waals surface area contributed by atoms with Crippen molar-refractivity contribution in [3.05, 3.63) is 6.07 Å². The number of benzene rings is 1. The summed E-state index contributed by atoms with van der Waals surface area (Å²) in [5.41, 5.74) is 0. The Labute approximate surface area is 184 Å². The van der Waals surface area contributed by atoms with Crippen molar-refractivity contribution >= 4 is 58.8 Å². The molecular formula is C21H35S5. The highest BCUT2D eigenvalue weighted by molar-refractivity contribution is 8.06. The van der Waals surface area contributed by atoms with Crippen molar-refractivity contribution in [1.29, 1.82) is 0 Å². The summed E-state index contributed by atoms with van der Waals surface area (Å²) in [7, 11) is 0. The first-order valence-electron chi connectivity index (χ1n) is 9.47. The van der Waals surface area contributed by atoms with E-state index in [9.17, 15) is 0 Å². The molecule has 1 radical (unpaired) electrons. The molecule has 0 aliphatic heterocycles. The van der Waals surface area contributed by atoms with Gasteiger partial charge < -0.3 is 0 Å². The van der Waals surface area contributed by atoms with Crippen LogP contribution in [-0.2, 0) is 0 Å². The molecule has 1 aromatic rings. The Morgan fingerprint density at radius 3 is 0.962 bits per heavy atom. The molecule has 0 saturated heterocycles. The fourth-order valence-electron chi connectivity index (χ4n) is 2.19. The van der Waals surface area contributed by atoms with Crippen molar-refractivity contribution in [2.24, 2.45) is 0 Å². The van der Waals surface area contributed by atoms with Crippen LogP contribution in [0.1, 0.15) is 69.2 Å². The van der Waals surface area contributed by atoms with Gasteiger partial charge in [-0.1, -0.05) is 69.2 Å². The molecule has 1 rings (SSSR count). The lowest BCUT2D eigenvalue weighted by atomic mass is 10.3. The van der Waals surface area contributed by atoms with Crippen LogP contribution in [0.2, 0.25) is 0 Å². The molecule has 0 heterocycles. The SMILES string of the molecule is CC(C)Sc1[c]c(SC(C)C)c(SC(C)C)c(SC(C)C)c1SC(C)C. The molecule has 0 nitrogen and oxygen atoms in total. The summed E-state index contributed by atoms with van der Waals surface area (Å²) in [6.45, 7) is 22.9. The van der Waals surface area contributed by atoms with Crippen LogP contribution >= 0.6 is 58.8 Å². The summed E-state index contributed by atoms with van der Waals surface area (Å²) < 4.78 is 0. The van der Waals surface area contributed by atoms with Crippen LogP contribution < -0.4 is 0 Å². The van der Waals surface area contributed by atoms with Gasteiger partial charge in [0.15, 0.2) is 0 Å². The molecule has 0 bridgehead atoms. The van der Waals surface area contributed by atoms with Gasteiger partial charge in [0.1, 0.15) is 0 Å². The number of hydrogen-bond donors (Lipinski definition) is 0. The molecular weight excluding hydrogens is 413 g/mol. The van der Waals surface area contributed by atoms with E-state index in [-0.39, 0.29) is 0 Å². The smallest absolute Gasteiger partial charge is 0.0370 e. The van der Waals surface area contributed by atoms with E-state index in [2.05, 4.69) is 75.3 Å². The average molecular weight is 448 g/mol. The first-order valence-corrected chi connectivity index (χ1v) is 13.9. The maximum atomic E-state index is 3.84. The van der Waals surface area contributed by atoms with Gasteiger partial charge in [-0.15, -0.1) is 58.8 Å². The number of thioether (sulfide) groups is 5. The van der Waals surface area contributed by atoms with Crippen molar-refractivity contribution < 1.29 is 0 Å². The molecule has 0 aromatic heterocycles. The van der Waals surface area contributed by atoms with E-state index in [4.69, 9.17) is 0 Å². The van der Waals surface area contributed by atoms with Crippen LogP contribution in [0.25, 0.3) is 0 Å². The normalized spacial score (nSPS) is 12.4. The van der Waals surface area contributed by atoms with Crippen molar-refractivity contribution in [3.8, 4) is 0 Å². The Morgan fingerprint density at radius 1 is 0.423 bits per heavy atom. The average Bonchev–Trinajstić information content (AvgIpc) is 2.44. The molecule has 0 atom stereocenters. The maximum absolute atomic E-state index is 3.84. The second kappa shape index (κ2) is 11.8. The Kier molecular flexibility index (Phi) is 11.4. The quantitative estimate of drug-likeness (QED) is 0.327. The Bertz CT molecular complexity index is 520. The van der Waals surface area contributed by atoms with Gasteiger partial charge in [0.25, 0.3) is 0 Å². The second-order valence-electron chi connectivity index (χ2n) is 7.60. The van der Waals surface area contributed by atoms with E-state index in [0.29, 0.717) is 26.2 Å². The van der Waals surface area contributed by atoms with Crippen molar-refractivity contribution in [2.75, 3.05) is 0 Å². The Morgan fingerprint density at radius 2 is 0.692 bits per heavy atom. The van der Waals surface area contributed by atoms with E-state index >= 15 is 0 Å². The maximum Gasteiger partial charge on any atom is 0.0370 e. The molecule has 0 N–H and O–H groups in total. The summed E-state index contributed by atoms with van der Waals surface area (Å²) in [5.74, 6) is 0. The highest BCUT2D eigenvalue weighted by atomic mass is 32.2. The minimum Gasteiger partial charge on any atom is -0.121 e. The predicted octanol–water partition coefficient (Wildman–Crippen LogP) is 8.99. The largest absolute Gasteiger partial charge is 0.121 e. The van der Waals surface area contributed by atoms with Crippen LogP contribution in [0, 0.1) is 6.07 Å². The summed E-state index contributed by atoms with van der Waals surface area (Å²) in [4.78, 5) is 7.08. The Hall–Kier alpha value is 0.970. The minimum atomic E-state index is 0.565. The molecule has 26 heavy (non-hydrogen) atoms. The number of rotatable bonds is 10. The van der Waals surface area contributed by atoms with Crippen LogP contribution in [0.3, 0.4) is 0 Å². The molecule has 0 saturated carbocycles. The third kappa shape index (κ3) is 8.55. The highest BCUT2D eigenvalue weighted by Crippen LogP contribution is 2.51. The fourth-order valence-corrected chi connectivity index (χ4v) is 7.85. The summed E-state index contributed by atoms with van der Waals surface area (Å²) >= 11 is 9.98. The van der Waals surface area contributed by atoms with E-state index in [1.807, 2.05) is 58.8 Å². The molecule has 0 unspecified atom stereocenters. The van der Waals surface area contributed by atoms with E-state index in [0.717, 1.165) is 0 Å². The third-order valence-electron chi connectivity index (χ3n) is 2.82. The van der Waals surface area contributed by atoms with Crippen LogP contribution in [0.4, 0.5) is 0 Å². The van der Waals surface area contributed by atoms with Gasteiger partial charge in [-0.3, -0.25) is 0 Å². The van der Waals surface area contributed by atoms with E-state index in [1.54, 1.807) is 0 Å². The third-order valence-corrected chi connectivity index (χ3v) is 8.71. The first-order chi connectivity index (χ1) is 12.0. The highest BCUT2D eigenvalue weighted by Gasteiger charge is 2.24. The van der Waals surface area contributed by atoms with Crippen molar-refractivity contribution in [3.63, 3.8) is 0 Å². The monoisotopic (exact) mass is 447 g/mol. The summed E-state index contributed by atoms with van der Waals surface area (Å²) in [6, 6.07) is 3.84. The molecule has 1 aromatic carbocycles. The van der Waals surface area contributed by atoms with E-state index < -0.39 is 0 Å². The lowest BCUT2D eigenvalue weighted by Gasteiger charge is -2.24. The molecule has 149 valence electrons. The molecule has 0 spiro atoms. The van der Waals surface area contributed by atoms with Gasteiger partial charge in [0.2, 0.25) is 0 Å². The summed E-state index contributed by atoms with van der Waals surface area (Å²) in [6.07, 6.45) is 0. The molecule has 0 fully saturated rings. The predicted molar refractivity (Wildman–Crippen MR) is 130 cm³/mol. The molecule has 0 aliphatic rings. The van der Waals surface area contributed by atoms with Crippen molar-refractivity contribution in [1.82, 2.24) is 0 Å². The standard InChI is InChI=1S/C21H35S5/c1-12(2)22-17-11-18(23-13(3)4)20(25-15(7)8)21(26-16(9)10)19(17)24-14(5)6/h12-16H,1-10H3. The fraction of sp³-hybridized carbons (Fsp3) is 0.714. The Balaban J connectivity index is 3.68. The number of hydrogen-bond acceptors (Lipinski definition) is 5. The van der Waals surface area contributed by atoms with Gasteiger partial charge in [0.05, 0.1) is 0 Å². The zero-order valence-corrected chi connectivity index (χ0v) is 22.0. The first kappa shape index (κ1) is 25.0. The minimum absolute atomic E-state index is 0.565. The summed E-state index contributed by atoms with van der Waals surface area (Å²) in [5, 5.41) is 2.85. The van der Waals surface area contributed by atoms with Gasteiger partial charge in [-0.25, -0.2) is 0 Å². The molecule has 0 amide bonds. The van der Waals surface area contributed by atoms with Gasteiger partial charge >= 0.3 is 0 Å². The van der Waals surface area contributed by atoms with Gasteiger partial charge in [0, 0.05) is 56.8 Å². The molecule has 0 aliphatic carbocycles.